The van der Waals surface area contributed by atoms with Gasteiger partial charge in [0.15, 0.2) is 5.65 Å². The maximum Gasteiger partial charge on any atom is 0.155 e. The number of likely N-dealkylation sites (N-methyl/N-ethyl adjacent to an activating group) is 1. The molecule has 1 aliphatic rings. The van der Waals surface area contributed by atoms with Crippen molar-refractivity contribution in [1.29, 1.82) is 0 Å². The van der Waals surface area contributed by atoms with E-state index in [0.717, 1.165) is 29.3 Å². The van der Waals surface area contributed by atoms with Gasteiger partial charge in [-0.15, -0.1) is 0 Å². The van der Waals surface area contributed by atoms with Gasteiger partial charge in [-0.05, 0) is 38.1 Å². The van der Waals surface area contributed by atoms with Gasteiger partial charge in [-0.25, -0.2) is 4.98 Å². The number of hydrogen-bond donors (Lipinski definition) is 0. The van der Waals surface area contributed by atoms with Crippen LogP contribution in [0.4, 0.5) is 0 Å². The summed E-state index contributed by atoms with van der Waals surface area (Å²) >= 11 is 6.18. The molecule has 19 heavy (non-hydrogen) atoms. The number of likely N-dealkylation sites (tertiary alicyclic amines) is 1. The normalized spacial score (nSPS) is 21.1. The topological polar surface area (TPSA) is 20.5 Å². The molecular weight excluding hydrogens is 258 g/mol. The Morgan fingerprint density at radius 1 is 1.42 bits per heavy atom. The minimum absolute atomic E-state index is 0.641. The first-order chi connectivity index (χ1) is 9.28. The summed E-state index contributed by atoms with van der Waals surface area (Å²) in [6.07, 6.45) is 9.12. The minimum Gasteiger partial charge on any atom is -0.306 e. The highest BCUT2D eigenvalue weighted by Gasteiger charge is 2.22. The lowest BCUT2D eigenvalue weighted by molar-refractivity contribution is 0.155. The molecule has 4 heteroatoms. The molecule has 1 fully saturated rings. The van der Waals surface area contributed by atoms with Crippen LogP contribution in [0.1, 0.15) is 31.9 Å². The van der Waals surface area contributed by atoms with Crippen molar-refractivity contribution in [2.45, 2.75) is 38.6 Å². The largest absolute Gasteiger partial charge is 0.306 e. The standard InChI is InChI=1S/C15H20ClN3/c1-2-18-8-4-3-6-13(18)10-12-11-19-9-5-7-14(16)15(19)17-12/h5,7,9,11,13H,2-4,6,8,10H2,1H3. The third-order valence-corrected chi connectivity index (χ3v) is 4.38. The van der Waals surface area contributed by atoms with Crippen LogP contribution in [-0.2, 0) is 6.42 Å². The molecule has 1 aliphatic heterocycles. The van der Waals surface area contributed by atoms with Crippen molar-refractivity contribution in [3.8, 4) is 0 Å². The van der Waals surface area contributed by atoms with Gasteiger partial charge in [0.1, 0.15) is 0 Å². The van der Waals surface area contributed by atoms with E-state index in [4.69, 9.17) is 11.6 Å². The van der Waals surface area contributed by atoms with Crippen LogP contribution in [0.3, 0.4) is 0 Å². The molecule has 3 heterocycles. The second-order valence-electron chi connectivity index (χ2n) is 5.30. The van der Waals surface area contributed by atoms with Crippen molar-refractivity contribution in [2.75, 3.05) is 13.1 Å². The zero-order valence-corrected chi connectivity index (χ0v) is 12.1. The Bertz CT molecular complexity index is 564. The molecule has 2 aromatic rings. The van der Waals surface area contributed by atoms with E-state index in [1.807, 2.05) is 22.7 Å². The van der Waals surface area contributed by atoms with Crippen LogP contribution in [0.2, 0.25) is 5.02 Å². The second kappa shape index (κ2) is 5.51. The molecule has 0 bridgehead atoms. The number of piperidine rings is 1. The predicted molar refractivity (Wildman–Crippen MR) is 78.8 cm³/mol. The summed E-state index contributed by atoms with van der Waals surface area (Å²) in [5, 5.41) is 0.727. The van der Waals surface area contributed by atoms with E-state index < -0.39 is 0 Å². The molecule has 3 nitrogen and oxygen atoms in total. The number of fused-ring (bicyclic) bond motifs is 1. The lowest BCUT2D eigenvalue weighted by Crippen LogP contribution is -2.40. The van der Waals surface area contributed by atoms with E-state index in [2.05, 4.69) is 23.0 Å². The molecule has 2 aromatic heterocycles. The maximum atomic E-state index is 6.18. The number of rotatable bonds is 3. The summed E-state index contributed by atoms with van der Waals surface area (Å²) in [5.74, 6) is 0. The fourth-order valence-electron chi connectivity index (χ4n) is 3.08. The molecule has 0 aliphatic carbocycles. The van der Waals surface area contributed by atoms with Crippen molar-refractivity contribution in [1.82, 2.24) is 14.3 Å². The zero-order valence-electron chi connectivity index (χ0n) is 11.3. The highest BCUT2D eigenvalue weighted by atomic mass is 35.5. The van der Waals surface area contributed by atoms with Crippen molar-refractivity contribution in [3.63, 3.8) is 0 Å². The number of halogens is 1. The van der Waals surface area contributed by atoms with Gasteiger partial charge in [0.05, 0.1) is 10.7 Å². The van der Waals surface area contributed by atoms with Gasteiger partial charge in [-0.2, -0.15) is 0 Å². The van der Waals surface area contributed by atoms with E-state index in [-0.39, 0.29) is 0 Å². The van der Waals surface area contributed by atoms with E-state index >= 15 is 0 Å². The van der Waals surface area contributed by atoms with Crippen molar-refractivity contribution < 1.29 is 0 Å². The van der Waals surface area contributed by atoms with E-state index in [0.29, 0.717) is 6.04 Å². The third-order valence-electron chi connectivity index (χ3n) is 4.09. The highest BCUT2D eigenvalue weighted by molar-refractivity contribution is 6.33. The molecule has 0 aromatic carbocycles. The van der Waals surface area contributed by atoms with Crippen LogP contribution < -0.4 is 0 Å². The summed E-state index contributed by atoms with van der Waals surface area (Å²) in [4.78, 5) is 7.26. The molecule has 0 saturated carbocycles. The summed E-state index contributed by atoms with van der Waals surface area (Å²) in [6, 6.07) is 4.49. The number of aromatic nitrogens is 2. The molecule has 0 N–H and O–H groups in total. The van der Waals surface area contributed by atoms with Gasteiger partial charge in [0, 0.05) is 24.9 Å². The summed E-state index contributed by atoms with van der Waals surface area (Å²) in [5.41, 5.74) is 2.02. The summed E-state index contributed by atoms with van der Waals surface area (Å²) < 4.78 is 2.02. The quantitative estimate of drug-likeness (QED) is 0.857. The van der Waals surface area contributed by atoms with Gasteiger partial charge in [0.2, 0.25) is 0 Å². The minimum atomic E-state index is 0.641. The van der Waals surface area contributed by atoms with Crippen LogP contribution in [-0.4, -0.2) is 33.4 Å². The number of imidazole rings is 1. The first-order valence-electron chi connectivity index (χ1n) is 7.14. The van der Waals surface area contributed by atoms with Gasteiger partial charge < -0.3 is 9.30 Å². The van der Waals surface area contributed by atoms with Gasteiger partial charge >= 0.3 is 0 Å². The average molecular weight is 278 g/mol. The Hall–Kier alpha value is -1.06. The van der Waals surface area contributed by atoms with E-state index in [9.17, 15) is 0 Å². The monoisotopic (exact) mass is 277 g/mol. The molecule has 1 atom stereocenters. The Morgan fingerprint density at radius 2 is 2.32 bits per heavy atom. The molecule has 3 rings (SSSR count). The molecule has 1 unspecified atom stereocenters. The fraction of sp³-hybridized carbons (Fsp3) is 0.533. The lowest BCUT2D eigenvalue weighted by Gasteiger charge is -2.34. The number of nitrogens with zero attached hydrogens (tertiary/aromatic N) is 3. The fourth-order valence-corrected chi connectivity index (χ4v) is 3.29. The van der Waals surface area contributed by atoms with Crippen molar-refractivity contribution in [2.24, 2.45) is 0 Å². The van der Waals surface area contributed by atoms with Crippen LogP contribution in [0.15, 0.2) is 24.5 Å². The van der Waals surface area contributed by atoms with Crippen molar-refractivity contribution >= 4 is 17.2 Å². The van der Waals surface area contributed by atoms with E-state index in [1.54, 1.807) is 0 Å². The molecule has 102 valence electrons. The van der Waals surface area contributed by atoms with Crippen molar-refractivity contribution in [3.05, 3.63) is 35.2 Å². The van der Waals surface area contributed by atoms with Gasteiger partial charge in [-0.3, -0.25) is 0 Å². The number of hydrogen-bond acceptors (Lipinski definition) is 2. The van der Waals surface area contributed by atoms with Crippen LogP contribution in [0.25, 0.3) is 5.65 Å². The second-order valence-corrected chi connectivity index (χ2v) is 5.71. The zero-order chi connectivity index (χ0) is 13.2. The van der Waals surface area contributed by atoms with Gasteiger partial charge in [-0.1, -0.05) is 24.9 Å². The van der Waals surface area contributed by atoms with E-state index in [1.165, 1.54) is 25.8 Å². The smallest absolute Gasteiger partial charge is 0.155 e. The summed E-state index contributed by atoms with van der Waals surface area (Å²) in [6.45, 7) is 4.62. The van der Waals surface area contributed by atoms with Crippen LogP contribution in [0.5, 0.6) is 0 Å². The Balaban J connectivity index is 1.82. The first kappa shape index (κ1) is 12.9. The summed E-state index contributed by atoms with van der Waals surface area (Å²) in [7, 11) is 0. The Labute approximate surface area is 119 Å². The third kappa shape index (κ3) is 2.63. The average Bonchev–Trinajstić information content (AvgIpc) is 2.83. The highest BCUT2D eigenvalue weighted by Crippen LogP contribution is 2.22. The van der Waals surface area contributed by atoms with Crippen LogP contribution >= 0.6 is 11.6 Å². The lowest BCUT2D eigenvalue weighted by atomic mass is 9.98. The molecule has 0 radical (unpaired) electrons. The maximum absolute atomic E-state index is 6.18. The molecular formula is C15H20ClN3. The van der Waals surface area contributed by atoms with Crippen LogP contribution in [0, 0.1) is 0 Å². The SMILES string of the molecule is CCN1CCCCC1Cc1cn2cccc(Cl)c2n1. The molecule has 0 spiro atoms. The Morgan fingerprint density at radius 3 is 3.11 bits per heavy atom. The van der Waals surface area contributed by atoms with Gasteiger partial charge in [0.25, 0.3) is 0 Å². The number of pyridine rings is 1. The molecule has 0 amide bonds. The predicted octanol–water partition coefficient (Wildman–Crippen LogP) is 3.40. The Kier molecular flexibility index (Phi) is 3.76. The molecule has 1 saturated heterocycles. The first-order valence-corrected chi connectivity index (χ1v) is 7.52.